The van der Waals surface area contributed by atoms with E-state index in [2.05, 4.69) is 0 Å². The Labute approximate surface area is 349 Å². The molecule has 11 aromatic rings. The number of benzene rings is 5. The van der Waals surface area contributed by atoms with Gasteiger partial charge in [-0.2, -0.15) is 0 Å². The number of fused-ring (bicyclic) bond motifs is 4. The van der Waals surface area contributed by atoms with Crippen LogP contribution in [0.15, 0.2) is 207 Å². The van der Waals surface area contributed by atoms with Gasteiger partial charge in [0.1, 0.15) is 22.3 Å². The van der Waals surface area contributed by atoms with Gasteiger partial charge in [-0.15, -0.1) is 0 Å². The highest BCUT2D eigenvalue weighted by Gasteiger charge is 2.19. The summed E-state index contributed by atoms with van der Waals surface area (Å²) in [6.45, 7) is 0. The minimum Gasteiger partial charge on any atom is -0.422 e. The van der Waals surface area contributed by atoms with Gasteiger partial charge in [0.15, 0.2) is 0 Å². The fourth-order valence-corrected chi connectivity index (χ4v) is 7.76. The van der Waals surface area contributed by atoms with Crippen LogP contribution in [0.3, 0.4) is 0 Å². The first kappa shape index (κ1) is 36.3. The van der Waals surface area contributed by atoms with Crippen LogP contribution in [-0.2, 0) is 0 Å². The lowest BCUT2D eigenvalue weighted by molar-refractivity contribution is 0.562. The van der Waals surface area contributed by atoms with E-state index >= 15 is 0 Å². The van der Waals surface area contributed by atoms with E-state index in [0.29, 0.717) is 77.8 Å². The molecule has 0 atom stereocenters. The molecule has 10 nitrogen and oxygen atoms in total. The summed E-state index contributed by atoms with van der Waals surface area (Å²) in [5, 5.41) is 2.85. The van der Waals surface area contributed by atoms with Gasteiger partial charge in [-0.25, -0.2) is 29.1 Å². The molecule has 10 heteroatoms. The lowest BCUT2D eigenvalue weighted by Crippen LogP contribution is -2.07. The first-order valence-electron chi connectivity index (χ1n) is 19.6. The van der Waals surface area contributed by atoms with Crippen LogP contribution in [0.4, 0.5) is 0 Å². The average molecular weight is 809 g/mol. The van der Waals surface area contributed by atoms with Crippen molar-refractivity contribution in [3.05, 3.63) is 212 Å². The Bertz CT molecular complexity index is 3390. The number of aromatic nitrogens is 2. The molecule has 0 N–H and O–H groups in total. The summed E-state index contributed by atoms with van der Waals surface area (Å²) in [5.74, 6) is 0. The minimum atomic E-state index is -0.578. The van der Waals surface area contributed by atoms with E-state index in [4.69, 9.17) is 27.6 Å². The average Bonchev–Trinajstić information content (AvgIpc) is 3.30. The van der Waals surface area contributed by atoms with Gasteiger partial charge in [0.05, 0.1) is 45.0 Å². The monoisotopic (exact) mass is 808 g/mol. The maximum absolute atomic E-state index is 13.5. The van der Waals surface area contributed by atoms with Gasteiger partial charge in [-0.05, 0) is 95.1 Å². The molecule has 0 unspecified atom stereocenters. The maximum atomic E-state index is 13.5. The van der Waals surface area contributed by atoms with E-state index in [1.807, 2.05) is 72.8 Å². The molecule has 0 saturated heterocycles. The lowest BCUT2D eigenvalue weighted by Gasteiger charge is -2.12. The maximum Gasteiger partial charge on any atom is 0.345 e. The molecule has 6 heterocycles. The van der Waals surface area contributed by atoms with E-state index in [0.717, 1.165) is 11.1 Å². The fraction of sp³-hybridized carbons (Fsp3) is 0. The predicted molar refractivity (Wildman–Crippen MR) is 239 cm³/mol. The van der Waals surface area contributed by atoms with Crippen LogP contribution < -0.4 is 22.5 Å². The number of nitrogens with zero attached hydrogens (tertiary/aromatic N) is 2. The second-order valence-corrected chi connectivity index (χ2v) is 14.8. The van der Waals surface area contributed by atoms with E-state index in [9.17, 15) is 19.2 Å². The van der Waals surface area contributed by atoms with Gasteiger partial charge in [0.25, 0.3) is 0 Å². The van der Waals surface area contributed by atoms with Gasteiger partial charge < -0.3 is 17.7 Å². The van der Waals surface area contributed by atoms with Gasteiger partial charge in [0, 0.05) is 21.5 Å². The Morgan fingerprint density at radius 2 is 0.516 bits per heavy atom. The molecule has 0 aliphatic rings. The fourth-order valence-electron chi connectivity index (χ4n) is 7.76. The third-order valence-electron chi connectivity index (χ3n) is 10.9. The number of hydrogen-bond donors (Lipinski definition) is 0. The topological polar surface area (TPSA) is 147 Å². The molecule has 0 aliphatic heterocycles. The van der Waals surface area contributed by atoms with Crippen LogP contribution >= 0.6 is 0 Å². The second-order valence-electron chi connectivity index (χ2n) is 14.8. The van der Waals surface area contributed by atoms with Gasteiger partial charge in [0.2, 0.25) is 0 Å². The second kappa shape index (κ2) is 14.5. The van der Waals surface area contributed by atoms with Crippen molar-refractivity contribution in [3.8, 4) is 67.3 Å². The van der Waals surface area contributed by atoms with Gasteiger partial charge >= 0.3 is 22.5 Å². The van der Waals surface area contributed by atoms with Crippen molar-refractivity contribution in [1.82, 2.24) is 9.97 Å². The molecular formula is C52H28N2O8. The van der Waals surface area contributed by atoms with Gasteiger partial charge in [-0.1, -0.05) is 97.1 Å². The molecule has 294 valence electrons. The molecule has 11 rings (SSSR count). The zero-order chi connectivity index (χ0) is 41.9. The molecule has 5 aromatic carbocycles. The Balaban J connectivity index is 1.07. The first-order chi connectivity index (χ1) is 30.3. The summed E-state index contributed by atoms with van der Waals surface area (Å²) >= 11 is 0. The highest BCUT2D eigenvalue weighted by Crippen LogP contribution is 2.34. The van der Waals surface area contributed by atoms with E-state index in [-0.39, 0.29) is 22.3 Å². The smallest absolute Gasteiger partial charge is 0.345 e. The Morgan fingerprint density at radius 1 is 0.274 bits per heavy atom. The molecule has 0 amide bonds. The normalized spacial score (nSPS) is 11.5. The van der Waals surface area contributed by atoms with Crippen molar-refractivity contribution in [1.29, 1.82) is 0 Å². The highest BCUT2D eigenvalue weighted by molar-refractivity contribution is 5.88. The number of para-hydroxylation sites is 4. The Morgan fingerprint density at radius 3 is 0.774 bits per heavy atom. The first-order valence-corrected chi connectivity index (χ1v) is 19.6. The Hall–Kier alpha value is -8.76. The van der Waals surface area contributed by atoms with Crippen LogP contribution in [0.2, 0.25) is 0 Å². The van der Waals surface area contributed by atoms with Crippen LogP contribution in [0.25, 0.3) is 111 Å². The van der Waals surface area contributed by atoms with Crippen molar-refractivity contribution in [2.75, 3.05) is 0 Å². The van der Waals surface area contributed by atoms with Crippen molar-refractivity contribution in [2.24, 2.45) is 0 Å². The van der Waals surface area contributed by atoms with Crippen molar-refractivity contribution < 1.29 is 17.7 Å². The van der Waals surface area contributed by atoms with Crippen molar-refractivity contribution in [2.45, 2.75) is 0 Å². The summed E-state index contributed by atoms with van der Waals surface area (Å²) < 4.78 is 22.8. The van der Waals surface area contributed by atoms with Gasteiger partial charge in [-0.3, -0.25) is 0 Å². The molecule has 62 heavy (non-hydrogen) atoms. The number of pyridine rings is 2. The van der Waals surface area contributed by atoms with E-state index in [1.54, 1.807) is 97.1 Å². The SMILES string of the molecule is O=c1oc2ccccc2cc1-c1cc(-c2ccc(-c3cc(-c4cc5ccccc5oc4=O)nc(-c4cc5ccccc5oc4=O)c3)cc2)cc(-c2cc3ccccc3oc2=O)n1. The molecule has 0 saturated carbocycles. The summed E-state index contributed by atoms with van der Waals surface area (Å²) in [6.07, 6.45) is 0. The molecular weight excluding hydrogens is 781 g/mol. The standard InChI is InChI=1S/C52H28N2O8/c55-49-37(21-31-9-1-5-13-45(31)59-49)41-25-35(26-42(53-41)38-22-32-10-2-6-14-46(32)60-50(38)56)29-17-19-30(20-18-29)36-27-43(39-23-33-11-3-7-15-47(33)61-51(39)57)54-44(28-36)40-24-34-12-4-8-16-48(34)62-52(40)58/h1-28H. The van der Waals surface area contributed by atoms with E-state index < -0.39 is 22.5 Å². The van der Waals surface area contributed by atoms with Crippen LogP contribution in [0, 0.1) is 0 Å². The summed E-state index contributed by atoms with van der Waals surface area (Å²) in [6, 6.07) is 50.5. The molecule has 6 aromatic heterocycles. The van der Waals surface area contributed by atoms with Crippen LogP contribution in [0.1, 0.15) is 0 Å². The zero-order valence-corrected chi connectivity index (χ0v) is 32.3. The largest absolute Gasteiger partial charge is 0.422 e. The van der Waals surface area contributed by atoms with Crippen molar-refractivity contribution in [3.63, 3.8) is 0 Å². The molecule has 0 aliphatic carbocycles. The Kier molecular flexibility index (Phi) is 8.50. The van der Waals surface area contributed by atoms with Crippen molar-refractivity contribution >= 4 is 43.9 Å². The third-order valence-corrected chi connectivity index (χ3v) is 10.9. The third kappa shape index (κ3) is 6.48. The highest BCUT2D eigenvalue weighted by atomic mass is 16.4. The minimum absolute atomic E-state index is 0.224. The summed E-state index contributed by atoms with van der Waals surface area (Å²) in [5.41, 5.74) is 4.37. The number of rotatable bonds is 6. The van der Waals surface area contributed by atoms with Crippen LogP contribution in [0.5, 0.6) is 0 Å². The molecule has 0 fully saturated rings. The predicted octanol–water partition coefficient (Wildman–Crippen LogP) is 10.9. The molecule has 0 radical (unpaired) electrons. The molecule has 0 spiro atoms. The zero-order valence-electron chi connectivity index (χ0n) is 32.3. The van der Waals surface area contributed by atoms with Crippen LogP contribution in [-0.4, -0.2) is 9.97 Å². The summed E-state index contributed by atoms with van der Waals surface area (Å²) in [7, 11) is 0. The lowest BCUT2D eigenvalue weighted by atomic mass is 9.96. The number of hydrogen-bond acceptors (Lipinski definition) is 10. The quantitative estimate of drug-likeness (QED) is 0.149. The summed E-state index contributed by atoms with van der Waals surface area (Å²) in [4.78, 5) is 63.5. The molecule has 0 bridgehead atoms. The van der Waals surface area contributed by atoms with E-state index in [1.165, 1.54) is 0 Å².